The zero-order chi connectivity index (χ0) is 15.6. The lowest BCUT2D eigenvalue weighted by molar-refractivity contribution is -0.141. The first-order valence-electron chi connectivity index (χ1n) is 5.52. The quantitative estimate of drug-likeness (QED) is 0.919. The normalized spacial score (nSPS) is 11.2. The van der Waals surface area contributed by atoms with Gasteiger partial charge in [-0.15, -0.1) is 0 Å². The van der Waals surface area contributed by atoms with Gasteiger partial charge in [-0.3, -0.25) is 0 Å². The lowest BCUT2D eigenvalue weighted by atomic mass is 10.2. The van der Waals surface area contributed by atoms with Crippen LogP contribution in [-0.2, 0) is 6.18 Å². The largest absolute Gasteiger partial charge is 0.478 e. The highest BCUT2D eigenvalue weighted by Gasteiger charge is 2.32. The van der Waals surface area contributed by atoms with Gasteiger partial charge in [0, 0.05) is 6.07 Å². The highest BCUT2D eigenvalue weighted by Crippen LogP contribution is 2.30. The molecule has 1 aromatic heterocycles. The number of benzene rings is 1. The number of aromatic carboxylic acids is 1. The van der Waals surface area contributed by atoms with Crippen LogP contribution in [0.25, 0.3) is 0 Å². The SMILES string of the molecule is O=C(O)c1cc(Oc2cccc(C(F)(F)F)n2)ccc1Cl. The third-order valence-corrected chi connectivity index (χ3v) is 2.73. The van der Waals surface area contributed by atoms with Crippen molar-refractivity contribution in [1.82, 2.24) is 4.98 Å². The van der Waals surface area contributed by atoms with Crippen LogP contribution in [0.2, 0.25) is 5.02 Å². The minimum absolute atomic E-state index is 0.00754. The Morgan fingerprint density at radius 3 is 2.57 bits per heavy atom. The molecule has 0 atom stereocenters. The molecule has 0 bridgehead atoms. The van der Waals surface area contributed by atoms with E-state index in [-0.39, 0.29) is 22.2 Å². The van der Waals surface area contributed by atoms with Crippen LogP contribution in [-0.4, -0.2) is 16.1 Å². The van der Waals surface area contributed by atoms with Gasteiger partial charge in [0.05, 0.1) is 10.6 Å². The van der Waals surface area contributed by atoms with E-state index < -0.39 is 17.8 Å². The third kappa shape index (κ3) is 3.63. The van der Waals surface area contributed by atoms with Crippen molar-refractivity contribution in [3.05, 3.63) is 52.7 Å². The number of hydrogen-bond donors (Lipinski definition) is 1. The first kappa shape index (κ1) is 15.1. The van der Waals surface area contributed by atoms with Crippen molar-refractivity contribution in [2.45, 2.75) is 6.18 Å². The van der Waals surface area contributed by atoms with Crippen molar-refractivity contribution >= 4 is 17.6 Å². The van der Waals surface area contributed by atoms with Gasteiger partial charge in [0.1, 0.15) is 11.4 Å². The molecule has 0 fully saturated rings. The maximum Gasteiger partial charge on any atom is 0.433 e. The molecule has 0 amide bonds. The van der Waals surface area contributed by atoms with Crippen LogP contribution < -0.4 is 4.74 Å². The van der Waals surface area contributed by atoms with Crippen LogP contribution in [0, 0.1) is 0 Å². The lowest BCUT2D eigenvalue weighted by Gasteiger charge is -2.09. The Hall–Kier alpha value is -2.28. The minimum Gasteiger partial charge on any atom is -0.478 e. The molecule has 2 aromatic rings. The zero-order valence-electron chi connectivity index (χ0n) is 10.2. The first-order chi connectivity index (χ1) is 9.77. The molecule has 2 rings (SSSR count). The first-order valence-corrected chi connectivity index (χ1v) is 5.90. The van der Waals surface area contributed by atoms with Crippen molar-refractivity contribution in [2.75, 3.05) is 0 Å². The molecule has 0 aliphatic rings. The van der Waals surface area contributed by atoms with Gasteiger partial charge >= 0.3 is 12.1 Å². The molecule has 1 aromatic carbocycles. The molecule has 1 N–H and O–H groups in total. The average molecular weight is 318 g/mol. The van der Waals surface area contributed by atoms with Gasteiger partial charge in [0.15, 0.2) is 0 Å². The van der Waals surface area contributed by atoms with Gasteiger partial charge in [-0.2, -0.15) is 13.2 Å². The van der Waals surface area contributed by atoms with Crippen molar-refractivity contribution in [3.63, 3.8) is 0 Å². The van der Waals surface area contributed by atoms with Crippen molar-refractivity contribution in [3.8, 4) is 11.6 Å². The molecule has 110 valence electrons. The number of rotatable bonds is 3. The van der Waals surface area contributed by atoms with Gasteiger partial charge < -0.3 is 9.84 Å². The number of halogens is 4. The van der Waals surface area contributed by atoms with E-state index >= 15 is 0 Å². The minimum atomic E-state index is -4.59. The number of pyridine rings is 1. The van der Waals surface area contributed by atoms with Crippen LogP contribution in [0.1, 0.15) is 16.1 Å². The molecule has 0 aliphatic carbocycles. The van der Waals surface area contributed by atoms with Gasteiger partial charge in [-0.25, -0.2) is 9.78 Å². The van der Waals surface area contributed by atoms with Crippen molar-refractivity contribution < 1.29 is 27.8 Å². The summed E-state index contributed by atoms with van der Waals surface area (Å²) in [7, 11) is 0. The van der Waals surface area contributed by atoms with E-state index in [1.807, 2.05) is 0 Å². The van der Waals surface area contributed by atoms with Crippen LogP contribution >= 0.6 is 11.6 Å². The van der Waals surface area contributed by atoms with Crippen LogP contribution in [0.3, 0.4) is 0 Å². The fourth-order valence-corrected chi connectivity index (χ4v) is 1.68. The van der Waals surface area contributed by atoms with E-state index in [0.29, 0.717) is 0 Å². The summed E-state index contributed by atoms with van der Waals surface area (Å²) in [5.74, 6) is -1.56. The number of hydrogen-bond acceptors (Lipinski definition) is 3. The van der Waals surface area contributed by atoms with Gasteiger partial charge in [-0.05, 0) is 24.3 Å². The number of carbonyl (C=O) groups is 1. The summed E-state index contributed by atoms with van der Waals surface area (Å²) < 4.78 is 42.7. The third-order valence-electron chi connectivity index (χ3n) is 2.40. The Morgan fingerprint density at radius 1 is 1.24 bits per heavy atom. The number of nitrogens with zero attached hydrogens (tertiary/aromatic N) is 1. The highest BCUT2D eigenvalue weighted by atomic mass is 35.5. The highest BCUT2D eigenvalue weighted by molar-refractivity contribution is 6.33. The average Bonchev–Trinajstić information content (AvgIpc) is 2.40. The molecule has 0 radical (unpaired) electrons. The molecule has 0 aliphatic heterocycles. The van der Waals surface area contributed by atoms with Crippen LogP contribution in [0.5, 0.6) is 11.6 Å². The topological polar surface area (TPSA) is 59.4 Å². The fourth-order valence-electron chi connectivity index (χ4n) is 1.48. The predicted molar refractivity (Wildman–Crippen MR) is 67.7 cm³/mol. The molecule has 4 nitrogen and oxygen atoms in total. The monoisotopic (exact) mass is 317 g/mol. The molecular weight excluding hydrogens is 311 g/mol. The second kappa shape index (κ2) is 5.61. The fraction of sp³-hybridized carbons (Fsp3) is 0.0769. The van der Waals surface area contributed by atoms with Crippen molar-refractivity contribution in [2.24, 2.45) is 0 Å². The number of carboxylic acid groups (broad SMARTS) is 1. The summed E-state index contributed by atoms with van der Waals surface area (Å²) in [6.07, 6.45) is -4.59. The Bertz CT molecular complexity index is 689. The summed E-state index contributed by atoms with van der Waals surface area (Å²) in [5.41, 5.74) is -1.33. The molecule has 0 unspecified atom stereocenters. The summed E-state index contributed by atoms with van der Waals surface area (Å²) in [6, 6.07) is 6.87. The Labute approximate surface area is 121 Å². The number of alkyl halides is 3. The van der Waals surface area contributed by atoms with E-state index in [1.165, 1.54) is 18.2 Å². The van der Waals surface area contributed by atoms with Gasteiger partial charge in [0.2, 0.25) is 5.88 Å². The maximum absolute atomic E-state index is 12.5. The molecular formula is C13H7ClF3NO3. The standard InChI is InChI=1S/C13H7ClF3NO3/c14-9-5-4-7(6-8(9)12(19)20)21-11-3-1-2-10(18-11)13(15,16)17/h1-6H,(H,19,20). The second-order valence-electron chi connectivity index (χ2n) is 3.91. The van der Waals surface area contributed by atoms with Crippen molar-refractivity contribution in [1.29, 1.82) is 0 Å². The van der Waals surface area contributed by atoms with E-state index in [2.05, 4.69) is 4.98 Å². The lowest BCUT2D eigenvalue weighted by Crippen LogP contribution is -2.08. The summed E-state index contributed by atoms with van der Waals surface area (Å²) in [5, 5.41) is 8.90. The van der Waals surface area contributed by atoms with Gasteiger partial charge in [0.25, 0.3) is 0 Å². The Balaban J connectivity index is 2.31. The summed E-state index contributed by atoms with van der Waals surface area (Å²) in [4.78, 5) is 14.2. The summed E-state index contributed by atoms with van der Waals surface area (Å²) >= 11 is 5.68. The Kier molecular flexibility index (Phi) is 4.04. The van der Waals surface area contributed by atoms with E-state index in [0.717, 1.165) is 18.2 Å². The molecule has 21 heavy (non-hydrogen) atoms. The molecule has 0 saturated carbocycles. The van der Waals surface area contributed by atoms with Crippen LogP contribution in [0.15, 0.2) is 36.4 Å². The number of carboxylic acids is 1. The van der Waals surface area contributed by atoms with E-state index in [1.54, 1.807) is 0 Å². The van der Waals surface area contributed by atoms with E-state index in [4.69, 9.17) is 21.4 Å². The summed E-state index contributed by atoms with van der Waals surface area (Å²) in [6.45, 7) is 0. The number of aromatic nitrogens is 1. The zero-order valence-corrected chi connectivity index (χ0v) is 10.9. The predicted octanol–water partition coefficient (Wildman–Crippen LogP) is 4.24. The Morgan fingerprint density at radius 2 is 1.95 bits per heavy atom. The van der Waals surface area contributed by atoms with Gasteiger partial charge in [-0.1, -0.05) is 17.7 Å². The smallest absolute Gasteiger partial charge is 0.433 e. The maximum atomic E-state index is 12.5. The molecule has 8 heteroatoms. The molecule has 0 spiro atoms. The van der Waals surface area contributed by atoms with E-state index in [9.17, 15) is 18.0 Å². The number of ether oxygens (including phenoxy) is 1. The molecule has 1 heterocycles. The second-order valence-corrected chi connectivity index (χ2v) is 4.31. The molecule has 0 saturated heterocycles. The van der Waals surface area contributed by atoms with Crippen LogP contribution in [0.4, 0.5) is 13.2 Å².